The summed E-state index contributed by atoms with van der Waals surface area (Å²) in [6, 6.07) is 17.1. The molecule has 0 atom stereocenters. The molecule has 0 fully saturated rings. The standard InChI is InChI=1S/C12H11BO2.4ClH.2Mg/c14-13(15)12-8-4-7-11(9-12)10-5-2-1-3-6-10;;;;;;/h1-9,14-15H;4*1H;;/q;;;;;2*+2/p-4. The molecule has 0 saturated carbocycles. The van der Waals surface area contributed by atoms with Crippen LogP contribution in [0.1, 0.15) is 0 Å². The van der Waals surface area contributed by atoms with Crippen molar-refractivity contribution in [3.8, 4) is 11.1 Å². The molecule has 0 aromatic heterocycles. The molecular formula is C12H11BCl4Mg2O2. The van der Waals surface area contributed by atoms with Crippen LogP contribution in [0.2, 0.25) is 0 Å². The summed E-state index contributed by atoms with van der Waals surface area (Å²) in [5, 5.41) is 18.1. The second-order valence-electron chi connectivity index (χ2n) is 3.37. The van der Waals surface area contributed by atoms with Gasteiger partial charge in [-0.15, -0.1) is 0 Å². The summed E-state index contributed by atoms with van der Waals surface area (Å²) in [4.78, 5) is 0. The zero-order valence-corrected chi connectivity index (χ0v) is 16.9. The summed E-state index contributed by atoms with van der Waals surface area (Å²) in [6.07, 6.45) is 0. The molecule has 2 rings (SSSR count). The quantitative estimate of drug-likeness (QED) is 0.502. The van der Waals surface area contributed by atoms with Gasteiger partial charge in [-0.25, -0.2) is 0 Å². The van der Waals surface area contributed by atoms with Crippen molar-refractivity contribution in [3.05, 3.63) is 54.6 Å². The molecule has 0 aliphatic carbocycles. The topological polar surface area (TPSA) is 40.5 Å². The van der Waals surface area contributed by atoms with Crippen LogP contribution in [0.15, 0.2) is 54.6 Å². The largest absolute Gasteiger partial charge is 2.00 e. The van der Waals surface area contributed by atoms with Crippen LogP contribution >= 0.6 is 0 Å². The van der Waals surface area contributed by atoms with Gasteiger partial charge in [-0.3, -0.25) is 0 Å². The van der Waals surface area contributed by atoms with E-state index in [1.54, 1.807) is 12.1 Å². The van der Waals surface area contributed by atoms with Crippen molar-refractivity contribution in [1.82, 2.24) is 0 Å². The molecular weight excluding hydrogens is 377 g/mol. The van der Waals surface area contributed by atoms with Crippen molar-refractivity contribution in [2.24, 2.45) is 0 Å². The summed E-state index contributed by atoms with van der Waals surface area (Å²) in [5.41, 5.74) is 2.57. The number of halogens is 4. The van der Waals surface area contributed by atoms with E-state index in [9.17, 15) is 0 Å². The van der Waals surface area contributed by atoms with Gasteiger partial charge >= 0.3 is 53.2 Å². The Bertz CT molecular complexity index is 464. The van der Waals surface area contributed by atoms with Gasteiger partial charge in [-0.05, 0) is 16.6 Å². The van der Waals surface area contributed by atoms with Crippen LogP contribution in [0.3, 0.4) is 0 Å². The number of rotatable bonds is 2. The van der Waals surface area contributed by atoms with E-state index in [2.05, 4.69) is 0 Å². The maximum absolute atomic E-state index is 9.05. The predicted octanol–water partition coefficient (Wildman–Crippen LogP) is -11.7. The first-order chi connectivity index (χ1) is 7.27. The SMILES string of the molecule is OB(O)c1cccc(-c2ccccc2)c1.[Cl-].[Cl-].[Cl-].[Cl-].[Mg+2].[Mg+2]. The summed E-state index contributed by atoms with van der Waals surface area (Å²) in [6.45, 7) is 0. The molecule has 2 N–H and O–H groups in total. The molecule has 9 heteroatoms. The van der Waals surface area contributed by atoms with Gasteiger partial charge < -0.3 is 59.7 Å². The second kappa shape index (κ2) is 17.5. The van der Waals surface area contributed by atoms with Crippen LogP contribution in [0, 0.1) is 0 Å². The first kappa shape index (κ1) is 33.7. The molecule has 0 aliphatic rings. The minimum absolute atomic E-state index is 0. The van der Waals surface area contributed by atoms with Gasteiger partial charge in [0.25, 0.3) is 0 Å². The van der Waals surface area contributed by atoms with E-state index in [1.165, 1.54) is 0 Å². The van der Waals surface area contributed by atoms with Crippen LogP contribution in [-0.4, -0.2) is 63.3 Å². The summed E-state index contributed by atoms with van der Waals surface area (Å²) < 4.78 is 0. The molecule has 0 unspecified atom stereocenters. The first-order valence-corrected chi connectivity index (χ1v) is 4.79. The summed E-state index contributed by atoms with van der Waals surface area (Å²) in [7, 11) is -1.41. The molecule has 2 aromatic carbocycles. The van der Waals surface area contributed by atoms with E-state index in [-0.39, 0.29) is 95.7 Å². The molecule has 2 aromatic rings. The van der Waals surface area contributed by atoms with E-state index in [4.69, 9.17) is 10.0 Å². The molecule has 0 spiro atoms. The van der Waals surface area contributed by atoms with E-state index in [0.29, 0.717) is 5.46 Å². The molecule has 2 nitrogen and oxygen atoms in total. The maximum Gasteiger partial charge on any atom is 2.00 e. The fraction of sp³-hybridized carbons (Fsp3) is 0. The van der Waals surface area contributed by atoms with Crippen molar-refractivity contribution in [1.29, 1.82) is 0 Å². The van der Waals surface area contributed by atoms with Gasteiger partial charge in [0, 0.05) is 0 Å². The van der Waals surface area contributed by atoms with Crippen LogP contribution in [0.5, 0.6) is 0 Å². The molecule has 0 saturated heterocycles. The van der Waals surface area contributed by atoms with Gasteiger partial charge in [-0.1, -0.05) is 54.6 Å². The monoisotopic (exact) mass is 386 g/mol. The molecule has 0 bridgehead atoms. The number of hydrogen-bond donors (Lipinski definition) is 2. The molecule has 106 valence electrons. The van der Waals surface area contributed by atoms with Crippen molar-refractivity contribution < 1.29 is 59.7 Å². The smallest absolute Gasteiger partial charge is 1.00 e. The second-order valence-corrected chi connectivity index (χ2v) is 3.37. The Morgan fingerprint density at radius 1 is 0.619 bits per heavy atom. The first-order valence-electron chi connectivity index (χ1n) is 4.79. The fourth-order valence-corrected chi connectivity index (χ4v) is 1.51. The average Bonchev–Trinajstić information content (AvgIpc) is 2.30. The Kier molecular flexibility index (Phi) is 28.0. The van der Waals surface area contributed by atoms with Gasteiger partial charge in [0.1, 0.15) is 0 Å². The van der Waals surface area contributed by atoms with Gasteiger partial charge in [0.2, 0.25) is 0 Å². The Morgan fingerprint density at radius 2 is 1.10 bits per heavy atom. The van der Waals surface area contributed by atoms with Gasteiger partial charge in [0.15, 0.2) is 0 Å². The van der Waals surface area contributed by atoms with Gasteiger partial charge in [0.05, 0.1) is 0 Å². The van der Waals surface area contributed by atoms with Crippen molar-refractivity contribution in [2.75, 3.05) is 0 Å². The molecule has 21 heavy (non-hydrogen) atoms. The van der Waals surface area contributed by atoms with Crippen molar-refractivity contribution in [3.63, 3.8) is 0 Å². The third-order valence-electron chi connectivity index (χ3n) is 2.29. The number of hydrogen-bond acceptors (Lipinski definition) is 2. The third-order valence-corrected chi connectivity index (χ3v) is 2.29. The van der Waals surface area contributed by atoms with Crippen LogP contribution in [0.4, 0.5) is 0 Å². The normalized spacial score (nSPS) is 7.14. The van der Waals surface area contributed by atoms with Crippen molar-refractivity contribution in [2.45, 2.75) is 0 Å². The zero-order chi connectivity index (χ0) is 10.7. The Hall–Kier alpha value is 1.12. The molecule has 0 amide bonds. The van der Waals surface area contributed by atoms with E-state index in [0.717, 1.165) is 11.1 Å². The third kappa shape index (κ3) is 10.5. The average molecular weight is 388 g/mol. The van der Waals surface area contributed by atoms with Crippen LogP contribution in [0.25, 0.3) is 11.1 Å². The maximum atomic E-state index is 9.05. The Balaban J connectivity index is -0.000000142. The summed E-state index contributed by atoms with van der Waals surface area (Å²) in [5.74, 6) is 0. The molecule has 0 aliphatic heterocycles. The number of benzene rings is 2. The predicted molar refractivity (Wildman–Crippen MR) is 73.2 cm³/mol. The zero-order valence-electron chi connectivity index (χ0n) is 11.1. The summed E-state index contributed by atoms with van der Waals surface area (Å²) >= 11 is 0. The van der Waals surface area contributed by atoms with Gasteiger partial charge in [-0.2, -0.15) is 0 Å². The van der Waals surface area contributed by atoms with Crippen LogP contribution in [-0.2, 0) is 0 Å². The molecule has 0 heterocycles. The Labute approximate surface area is 182 Å². The Morgan fingerprint density at radius 3 is 1.57 bits per heavy atom. The van der Waals surface area contributed by atoms with E-state index >= 15 is 0 Å². The van der Waals surface area contributed by atoms with Crippen molar-refractivity contribution >= 4 is 58.7 Å². The fourth-order valence-electron chi connectivity index (χ4n) is 1.51. The van der Waals surface area contributed by atoms with E-state index in [1.807, 2.05) is 42.5 Å². The van der Waals surface area contributed by atoms with Crippen LogP contribution < -0.4 is 55.1 Å². The molecule has 0 radical (unpaired) electrons. The minimum Gasteiger partial charge on any atom is -1.00 e. The van der Waals surface area contributed by atoms with E-state index < -0.39 is 7.12 Å². The minimum atomic E-state index is -1.41.